The van der Waals surface area contributed by atoms with Crippen LogP contribution < -0.4 is 0 Å². The Labute approximate surface area is 323 Å². The van der Waals surface area contributed by atoms with Crippen molar-refractivity contribution in [3.63, 3.8) is 0 Å². The molecule has 0 N–H and O–H groups in total. The Hall–Kier alpha value is -5.98. The Morgan fingerprint density at radius 3 is 1.70 bits per heavy atom. The Kier molecular flexibility index (Phi) is 12.4. The minimum Gasteiger partial charge on any atom is -0.0985 e. The van der Waals surface area contributed by atoms with Gasteiger partial charge in [-0.15, -0.1) is 0 Å². The molecule has 0 saturated heterocycles. The Bertz CT molecular complexity index is 2430. The van der Waals surface area contributed by atoms with Gasteiger partial charge in [-0.2, -0.15) is 0 Å². The van der Waals surface area contributed by atoms with Gasteiger partial charge in [0.25, 0.3) is 0 Å². The molecule has 8 rings (SSSR count). The van der Waals surface area contributed by atoms with Gasteiger partial charge in [-0.05, 0) is 121 Å². The van der Waals surface area contributed by atoms with E-state index in [1.165, 1.54) is 88.3 Å². The zero-order valence-electron chi connectivity index (χ0n) is 32.7. The molecule has 1 aliphatic carbocycles. The summed E-state index contributed by atoms with van der Waals surface area (Å²) in [7, 11) is 0. The summed E-state index contributed by atoms with van der Waals surface area (Å²) in [4.78, 5) is 0. The highest BCUT2D eigenvalue weighted by Gasteiger charge is 2.21. The first-order valence-corrected chi connectivity index (χ1v) is 19.6. The standard InChI is InChI=1S/C50H40.2C2H6/c1-4-36-31-42(26-25-35(36)3)41-19-14-20-43(32-41)50-46-23-12-10-21-44(46)49(45-22-11-13-24-47(45)50)39-29-27-38(28-30-39)48(37-16-6-5-7-17-37)33-40-18-9-8-15-34(40)2;2*1-2/h4-27,29-33,38H,1,28H2,2-3H3;2*1-2H3/b48-33+;;. The maximum atomic E-state index is 4.04. The van der Waals surface area contributed by atoms with E-state index in [2.05, 4.69) is 190 Å². The summed E-state index contributed by atoms with van der Waals surface area (Å²) in [6.45, 7) is 16.4. The first kappa shape index (κ1) is 37.8. The van der Waals surface area contributed by atoms with Gasteiger partial charge in [0.1, 0.15) is 0 Å². The summed E-state index contributed by atoms with van der Waals surface area (Å²) < 4.78 is 0. The van der Waals surface area contributed by atoms with E-state index in [9.17, 15) is 0 Å². The van der Waals surface area contributed by atoms with Crippen molar-refractivity contribution in [2.45, 2.75) is 48.0 Å². The summed E-state index contributed by atoms with van der Waals surface area (Å²) in [5.41, 5.74) is 15.1. The number of aryl methyl sites for hydroxylation is 2. The highest BCUT2D eigenvalue weighted by molar-refractivity contribution is 6.19. The largest absolute Gasteiger partial charge is 0.0985 e. The average molecular weight is 701 g/mol. The zero-order chi connectivity index (χ0) is 38.0. The van der Waals surface area contributed by atoms with Crippen LogP contribution in [-0.2, 0) is 0 Å². The van der Waals surface area contributed by atoms with Crippen molar-refractivity contribution in [2.75, 3.05) is 0 Å². The van der Waals surface area contributed by atoms with Gasteiger partial charge in [0.2, 0.25) is 0 Å². The third-order valence-corrected chi connectivity index (χ3v) is 10.3. The molecule has 0 amide bonds. The molecule has 0 spiro atoms. The fourth-order valence-corrected chi connectivity index (χ4v) is 7.63. The number of fused-ring (bicyclic) bond motifs is 2. The Morgan fingerprint density at radius 2 is 1.09 bits per heavy atom. The fraction of sp³-hybridized carbons (Fsp3) is 0.148. The van der Waals surface area contributed by atoms with Crippen molar-refractivity contribution < 1.29 is 0 Å². The van der Waals surface area contributed by atoms with Gasteiger partial charge in [0.05, 0.1) is 0 Å². The lowest BCUT2D eigenvalue weighted by Crippen LogP contribution is -2.04. The molecule has 0 radical (unpaired) electrons. The maximum Gasteiger partial charge on any atom is 0.00622 e. The second-order valence-corrected chi connectivity index (χ2v) is 13.4. The van der Waals surface area contributed by atoms with Crippen molar-refractivity contribution in [3.05, 3.63) is 204 Å². The fourth-order valence-electron chi connectivity index (χ4n) is 7.63. The highest BCUT2D eigenvalue weighted by atomic mass is 14.2. The van der Waals surface area contributed by atoms with Crippen LogP contribution in [0.15, 0.2) is 170 Å². The predicted octanol–water partition coefficient (Wildman–Crippen LogP) is 15.8. The third kappa shape index (κ3) is 7.71. The molecule has 1 atom stereocenters. The molecule has 54 heavy (non-hydrogen) atoms. The molecule has 7 aromatic rings. The van der Waals surface area contributed by atoms with Crippen molar-refractivity contribution in [3.8, 4) is 22.3 Å². The number of hydrogen-bond acceptors (Lipinski definition) is 0. The summed E-state index contributed by atoms with van der Waals surface area (Å²) >= 11 is 0. The molecular formula is C54H52. The zero-order valence-corrected chi connectivity index (χ0v) is 32.7. The van der Waals surface area contributed by atoms with E-state index in [4.69, 9.17) is 0 Å². The number of rotatable bonds is 7. The van der Waals surface area contributed by atoms with Crippen LogP contribution in [0.25, 0.3) is 67.1 Å². The molecular weight excluding hydrogens is 649 g/mol. The van der Waals surface area contributed by atoms with E-state index >= 15 is 0 Å². The maximum absolute atomic E-state index is 4.04. The molecule has 1 unspecified atom stereocenters. The quantitative estimate of drug-likeness (QED) is 0.115. The molecule has 0 aromatic heterocycles. The molecule has 0 nitrogen and oxygen atoms in total. The Balaban J connectivity index is 0.00000120. The van der Waals surface area contributed by atoms with E-state index in [0.29, 0.717) is 0 Å². The van der Waals surface area contributed by atoms with Gasteiger partial charge in [-0.1, -0.05) is 198 Å². The Morgan fingerprint density at radius 1 is 0.537 bits per heavy atom. The van der Waals surface area contributed by atoms with E-state index in [1.54, 1.807) is 0 Å². The average Bonchev–Trinajstić information content (AvgIpc) is 3.24. The normalized spacial score (nSPS) is 13.7. The SMILES string of the molecule is C=Cc1cc(-c2cccc(-c3c4ccccc4c(C4=CCC(/C(=C/c5ccccc5C)c5ccccc5)C=C4)c4ccccc34)c2)ccc1C.CC.CC. The van der Waals surface area contributed by atoms with E-state index in [-0.39, 0.29) is 5.92 Å². The van der Waals surface area contributed by atoms with Crippen molar-refractivity contribution >= 4 is 44.8 Å². The van der Waals surface area contributed by atoms with Crippen molar-refractivity contribution in [1.82, 2.24) is 0 Å². The minimum absolute atomic E-state index is 0.281. The van der Waals surface area contributed by atoms with E-state index < -0.39 is 0 Å². The summed E-state index contributed by atoms with van der Waals surface area (Å²) in [5.74, 6) is 0.281. The van der Waals surface area contributed by atoms with Gasteiger partial charge < -0.3 is 0 Å². The van der Waals surface area contributed by atoms with Crippen molar-refractivity contribution in [2.24, 2.45) is 5.92 Å². The minimum atomic E-state index is 0.281. The van der Waals surface area contributed by atoms with E-state index in [1.807, 2.05) is 33.8 Å². The molecule has 268 valence electrons. The highest BCUT2D eigenvalue weighted by Crippen LogP contribution is 2.44. The summed E-state index contributed by atoms with van der Waals surface area (Å²) in [6.07, 6.45) is 12.5. The molecule has 0 heteroatoms. The van der Waals surface area contributed by atoms with Gasteiger partial charge in [0, 0.05) is 5.92 Å². The third-order valence-electron chi connectivity index (χ3n) is 10.3. The molecule has 1 aliphatic rings. The molecule has 0 saturated carbocycles. The van der Waals surface area contributed by atoms with Crippen LogP contribution in [0.4, 0.5) is 0 Å². The molecule has 0 bridgehead atoms. The van der Waals surface area contributed by atoms with Gasteiger partial charge in [-0.3, -0.25) is 0 Å². The monoisotopic (exact) mass is 700 g/mol. The van der Waals surface area contributed by atoms with Crippen LogP contribution in [0.3, 0.4) is 0 Å². The van der Waals surface area contributed by atoms with Crippen LogP contribution >= 0.6 is 0 Å². The first-order valence-electron chi connectivity index (χ1n) is 19.6. The van der Waals surface area contributed by atoms with Crippen LogP contribution in [-0.4, -0.2) is 0 Å². The molecule has 0 heterocycles. The molecule has 0 fully saturated rings. The van der Waals surface area contributed by atoms with Gasteiger partial charge in [-0.25, -0.2) is 0 Å². The number of benzene rings is 7. The lowest BCUT2D eigenvalue weighted by molar-refractivity contribution is 0.849. The smallest absolute Gasteiger partial charge is 0.00622 e. The number of allylic oxidation sites excluding steroid dienone is 5. The van der Waals surface area contributed by atoms with Gasteiger partial charge >= 0.3 is 0 Å². The lowest BCUT2D eigenvalue weighted by Gasteiger charge is -2.23. The number of hydrogen-bond donors (Lipinski definition) is 0. The molecule has 0 aliphatic heterocycles. The second-order valence-electron chi connectivity index (χ2n) is 13.4. The van der Waals surface area contributed by atoms with Crippen molar-refractivity contribution in [1.29, 1.82) is 0 Å². The van der Waals surface area contributed by atoms with E-state index in [0.717, 1.165) is 6.42 Å². The topological polar surface area (TPSA) is 0 Å². The lowest BCUT2D eigenvalue weighted by atomic mass is 9.81. The van der Waals surface area contributed by atoms with Crippen LogP contribution in [0, 0.1) is 19.8 Å². The first-order chi connectivity index (χ1) is 26.6. The van der Waals surface area contributed by atoms with Crippen LogP contribution in [0.1, 0.15) is 67.5 Å². The predicted molar refractivity (Wildman–Crippen MR) is 241 cm³/mol. The van der Waals surface area contributed by atoms with Crippen LogP contribution in [0.2, 0.25) is 0 Å². The van der Waals surface area contributed by atoms with Crippen LogP contribution in [0.5, 0.6) is 0 Å². The summed E-state index contributed by atoms with van der Waals surface area (Å²) in [5, 5.41) is 5.11. The molecule has 7 aromatic carbocycles. The summed E-state index contributed by atoms with van der Waals surface area (Å²) in [6, 6.07) is 53.1. The van der Waals surface area contributed by atoms with Gasteiger partial charge in [0.15, 0.2) is 0 Å². The second kappa shape index (κ2) is 17.7.